The molecule has 1 fully saturated rings. The quantitative estimate of drug-likeness (QED) is 0.698. The molecule has 0 spiro atoms. The first-order valence-electron chi connectivity index (χ1n) is 8.84. The zero-order chi connectivity index (χ0) is 19.0. The Bertz CT molecular complexity index is 1010. The lowest BCUT2D eigenvalue weighted by Gasteiger charge is -2.34. The minimum atomic E-state index is -0.980. The molecule has 146 valence electrons. The summed E-state index contributed by atoms with van der Waals surface area (Å²) in [5.74, 6) is 0.763. The smallest absolute Gasteiger partial charge is 0.206 e. The molecule has 1 aliphatic rings. The second-order valence-corrected chi connectivity index (χ2v) is 7.29. The predicted octanol–water partition coefficient (Wildman–Crippen LogP) is 3.91. The lowest BCUT2D eigenvalue weighted by Crippen LogP contribution is -2.50. The fourth-order valence-corrected chi connectivity index (χ4v) is 3.65. The van der Waals surface area contributed by atoms with E-state index in [0.717, 1.165) is 22.5 Å². The molecule has 3 aromatic rings. The Morgan fingerprint density at radius 1 is 1.25 bits per heavy atom. The van der Waals surface area contributed by atoms with Crippen molar-refractivity contribution < 1.29 is 4.39 Å². The number of nitrogens with zero attached hydrogens (tertiary/aromatic N) is 4. The molecule has 28 heavy (non-hydrogen) atoms. The molecule has 0 bridgehead atoms. The number of halogens is 3. The van der Waals surface area contributed by atoms with Gasteiger partial charge in [-0.05, 0) is 42.3 Å². The summed E-state index contributed by atoms with van der Waals surface area (Å²) in [4.78, 5) is 6.81. The molecule has 0 amide bonds. The Kier molecular flexibility index (Phi) is 6.09. The van der Waals surface area contributed by atoms with E-state index in [1.807, 2.05) is 35.2 Å². The van der Waals surface area contributed by atoms with Crippen LogP contribution < -0.4 is 10.6 Å². The molecule has 5 nitrogen and oxygen atoms in total. The van der Waals surface area contributed by atoms with Gasteiger partial charge in [0.2, 0.25) is 5.95 Å². The average molecular weight is 420 g/mol. The van der Waals surface area contributed by atoms with Gasteiger partial charge in [-0.2, -0.15) is 5.26 Å². The summed E-state index contributed by atoms with van der Waals surface area (Å²) in [6, 6.07) is 14.6. The van der Waals surface area contributed by atoms with Crippen molar-refractivity contribution >= 4 is 41.0 Å². The zero-order valence-electron chi connectivity index (χ0n) is 15.1. The summed E-state index contributed by atoms with van der Waals surface area (Å²) in [5, 5.41) is 9.62. The number of nitriles is 1. The lowest BCUT2D eigenvalue weighted by atomic mass is 10.1. The van der Waals surface area contributed by atoms with Crippen LogP contribution in [-0.2, 0) is 6.54 Å². The number of hydrogen-bond donors (Lipinski definition) is 1. The number of hydrogen-bond acceptors (Lipinski definition) is 4. The summed E-state index contributed by atoms with van der Waals surface area (Å²) >= 11 is 6.21. The number of imidazole rings is 1. The van der Waals surface area contributed by atoms with Crippen molar-refractivity contribution in [3.8, 4) is 6.07 Å². The Hall–Kier alpha value is -2.33. The highest BCUT2D eigenvalue weighted by atomic mass is 35.5. The van der Waals surface area contributed by atoms with E-state index in [1.54, 1.807) is 12.1 Å². The monoisotopic (exact) mass is 419 g/mol. The van der Waals surface area contributed by atoms with Gasteiger partial charge >= 0.3 is 0 Å². The van der Waals surface area contributed by atoms with E-state index in [2.05, 4.69) is 10.6 Å². The summed E-state index contributed by atoms with van der Waals surface area (Å²) in [5.41, 5.74) is 9.36. The Morgan fingerprint density at radius 2 is 2.00 bits per heavy atom. The normalized spacial score (nSPS) is 19.3. The van der Waals surface area contributed by atoms with Crippen LogP contribution in [0.4, 0.5) is 10.3 Å². The van der Waals surface area contributed by atoms with Crippen molar-refractivity contribution in [1.82, 2.24) is 9.55 Å². The summed E-state index contributed by atoms with van der Waals surface area (Å²) in [6.07, 6.45) is -0.589. The first kappa shape index (κ1) is 20.4. The number of aromatic nitrogens is 2. The number of rotatable bonds is 3. The van der Waals surface area contributed by atoms with Crippen LogP contribution in [0.15, 0.2) is 42.5 Å². The number of benzene rings is 2. The van der Waals surface area contributed by atoms with E-state index in [9.17, 15) is 4.39 Å². The third-order valence-electron chi connectivity index (χ3n) is 4.97. The zero-order valence-corrected chi connectivity index (χ0v) is 16.6. The maximum absolute atomic E-state index is 13.8. The van der Waals surface area contributed by atoms with E-state index in [1.165, 1.54) is 0 Å². The third-order valence-corrected chi connectivity index (χ3v) is 5.20. The molecule has 4 rings (SSSR count). The molecule has 1 saturated heterocycles. The first-order valence-corrected chi connectivity index (χ1v) is 9.22. The molecule has 1 aromatic heterocycles. The average Bonchev–Trinajstić information content (AvgIpc) is 3.02. The topological polar surface area (TPSA) is 70.9 Å². The van der Waals surface area contributed by atoms with E-state index in [-0.39, 0.29) is 12.4 Å². The van der Waals surface area contributed by atoms with Crippen molar-refractivity contribution in [3.63, 3.8) is 0 Å². The molecule has 2 aromatic carbocycles. The second-order valence-electron chi connectivity index (χ2n) is 6.85. The highest BCUT2D eigenvalue weighted by Gasteiger charge is 2.29. The van der Waals surface area contributed by atoms with Gasteiger partial charge in [0, 0.05) is 18.1 Å². The van der Waals surface area contributed by atoms with E-state index >= 15 is 0 Å². The number of alkyl halides is 1. The molecule has 0 aliphatic carbocycles. The summed E-state index contributed by atoms with van der Waals surface area (Å²) in [6.45, 7) is 1.56. The molecule has 1 aliphatic heterocycles. The Balaban J connectivity index is 0.00000225. The lowest BCUT2D eigenvalue weighted by molar-refractivity contribution is 0.243. The highest BCUT2D eigenvalue weighted by Crippen LogP contribution is 2.28. The molecular weight excluding hydrogens is 400 g/mol. The van der Waals surface area contributed by atoms with Crippen LogP contribution in [0.25, 0.3) is 11.0 Å². The van der Waals surface area contributed by atoms with Crippen LogP contribution in [0.1, 0.15) is 17.5 Å². The van der Waals surface area contributed by atoms with Crippen LogP contribution in [0.5, 0.6) is 0 Å². The fraction of sp³-hybridized carbons (Fsp3) is 0.300. The van der Waals surface area contributed by atoms with Crippen LogP contribution >= 0.6 is 24.0 Å². The SMILES string of the molecule is Cl.N#Cc1ccc(Cn2c(N3CC[C@H](F)[C@H](N)C3)nc3ccc(Cl)cc32)cc1. The largest absolute Gasteiger partial charge is 0.340 e. The minimum Gasteiger partial charge on any atom is -0.340 e. The van der Waals surface area contributed by atoms with Crippen molar-refractivity contribution in [3.05, 3.63) is 58.6 Å². The van der Waals surface area contributed by atoms with Crippen molar-refractivity contribution in [1.29, 1.82) is 5.26 Å². The van der Waals surface area contributed by atoms with E-state index in [4.69, 9.17) is 27.6 Å². The number of nitrogens with two attached hydrogens (primary N) is 1. The number of fused-ring (bicyclic) bond motifs is 1. The Labute approximate surface area is 173 Å². The van der Waals surface area contributed by atoms with Crippen LogP contribution in [-0.4, -0.2) is 34.9 Å². The van der Waals surface area contributed by atoms with Gasteiger partial charge in [0.1, 0.15) is 6.17 Å². The third kappa shape index (κ3) is 3.93. The molecule has 2 heterocycles. The second kappa shape index (κ2) is 8.36. The molecule has 8 heteroatoms. The van der Waals surface area contributed by atoms with Gasteiger partial charge < -0.3 is 15.2 Å². The molecule has 0 saturated carbocycles. The van der Waals surface area contributed by atoms with Gasteiger partial charge in [0.05, 0.1) is 35.3 Å². The summed E-state index contributed by atoms with van der Waals surface area (Å²) < 4.78 is 15.9. The van der Waals surface area contributed by atoms with Crippen LogP contribution in [0, 0.1) is 11.3 Å². The number of piperidine rings is 1. The standard InChI is InChI=1S/C20H19ClFN5.ClH/c21-15-5-6-18-19(9-15)27(11-14-3-1-13(10-23)2-4-14)20(25-18)26-8-7-16(22)17(24)12-26;/h1-6,9,16-17H,7-8,11-12,24H2;1H/t16-,17+;/m0./s1. The van der Waals surface area contributed by atoms with Crippen molar-refractivity contribution in [2.75, 3.05) is 18.0 Å². The van der Waals surface area contributed by atoms with Crippen LogP contribution in [0.2, 0.25) is 5.02 Å². The van der Waals surface area contributed by atoms with Gasteiger partial charge in [0.15, 0.2) is 0 Å². The molecular formula is C20H20Cl2FN5. The Morgan fingerprint density at radius 3 is 2.68 bits per heavy atom. The maximum atomic E-state index is 13.8. The van der Waals surface area contributed by atoms with Crippen LogP contribution in [0.3, 0.4) is 0 Å². The van der Waals surface area contributed by atoms with Gasteiger partial charge in [-0.1, -0.05) is 23.7 Å². The predicted molar refractivity (Wildman–Crippen MR) is 112 cm³/mol. The molecule has 2 atom stereocenters. The molecule has 0 unspecified atom stereocenters. The highest BCUT2D eigenvalue weighted by molar-refractivity contribution is 6.31. The van der Waals surface area contributed by atoms with Gasteiger partial charge in [-0.3, -0.25) is 0 Å². The minimum absolute atomic E-state index is 0. The van der Waals surface area contributed by atoms with E-state index in [0.29, 0.717) is 36.6 Å². The first-order chi connectivity index (χ1) is 13.0. The number of anilines is 1. The van der Waals surface area contributed by atoms with Crippen molar-refractivity contribution in [2.45, 2.75) is 25.2 Å². The summed E-state index contributed by atoms with van der Waals surface area (Å²) in [7, 11) is 0. The van der Waals surface area contributed by atoms with Crippen molar-refractivity contribution in [2.24, 2.45) is 5.73 Å². The van der Waals surface area contributed by atoms with E-state index < -0.39 is 12.2 Å². The van der Waals surface area contributed by atoms with Gasteiger partial charge in [-0.25, -0.2) is 9.37 Å². The molecule has 2 N–H and O–H groups in total. The maximum Gasteiger partial charge on any atom is 0.206 e. The fourth-order valence-electron chi connectivity index (χ4n) is 3.48. The molecule has 0 radical (unpaired) electrons. The van der Waals surface area contributed by atoms with Gasteiger partial charge in [-0.15, -0.1) is 12.4 Å². The van der Waals surface area contributed by atoms with Gasteiger partial charge in [0.25, 0.3) is 0 Å².